The lowest BCUT2D eigenvalue weighted by Gasteiger charge is -2.34. The molecule has 1 N–H and O–H groups in total. The maximum atomic E-state index is 12.5. The number of benzene rings is 1. The zero-order chi connectivity index (χ0) is 19.3. The fourth-order valence-electron chi connectivity index (χ4n) is 3.34. The molecule has 144 valence electrons. The monoisotopic (exact) mass is 361 g/mol. The van der Waals surface area contributed by atoms with Gasteiger partial charge in [-0.1, -0.05) is 17.7 Å². The topological polar surface area (TPSA) is 61.9 Å². The van der Waals surface area contributed by atoms with E-state index in [0.29, 0.717) is 6.61 Å². The highest BCUT2D eigenvalue weighted by atomic mass is 16.5. The average molecular weight is 361 g/mol. The van der Waals surface area contributed by atoms with Crippen molar-refractivity contribution in [3.63, 3.8) is 0 Å². The molecule has 0 aromatic heterocycles. The summed E-state index contributed by atoms with van der Waals surface area (Å²) >= 11 is 0. The number of nitrogens with one attached hydrogen (secondary N) is 1. The Morgan fingerprint density at radius 2 is 2.00 bits per heavy atom. The largest absolute Gasteiger partial charge is 0.494 e. The first-order valence-electron chi connectivity index (χ1n) is 9.33. The van der Waals surface area contributed by atoms with E-state index in [0.717, 1.165) is 42.8 Å². The lowest BCUT2D eigenvalue weighted by atomic mass is 10.0. The number of piperidine rings is 1. The van der Waals surface area contributed by atoms with Crippen LogP contribution in [0.5, 0.6) is 5.75 Å². The standard InChI is InChI=1S/C20H31N3O3/c1-6-26-18-8-7-14(2)13-17(18)15(3)21-19(24)20(25)23(5)16-9-11-22(4)12-10-16/h7-8,13,15-16H,6,9-12H2,1-5H3,(H,21,24). The van der Waals surface area contributed by atoms with E-state index in [1.54, 1.807) is 11.9 Å². The summed E-state index contributed by atoms with van der Waals surface area (Å²) < 4.78 is 5.66. The van der Waals surface area contributed by atoms with Crippen molar-refractivity contribution in [3.05, 3.63) is 29.3 Å². The van der Waals surface area contributed by atoms with Gasteiger partial charge >= 0.3 is 11.8 Å². The molecule has 1 aromatic rings. The molecule has 1 aromatic carbocycles. The quantitative estimate of drug-likeness (QED) is 0.816. The van der Waals surface area contributed by atoms with Gasteiger partial charge in [0.2, 0.25) is 0 Å². The smallest absolute Gasteiger partial charge is 0.311 e. The Hall–Kier alpha value is -2.08. The van der Waals surface area contributed by atoms with Gasteiger partial charge in [0.15, 0.2) is 0 Å². The van der Waals surface area contributed by atoms with Crippen LogP contribution in [-0.2, 0) is 9.59 Å². The second-order valence-corrected chi connectivity index (χ2v) is 7.12. The van der Waals surface area contributed by atoms with Crippen LogP contribution in [0.25, 0.3) is 0 Å². The molecule has 2 rings (SSSR count). The van der Waals surface area contributed by atoms with Crippen LogP contribution in [0.1, 0.15) is 43.9 Å². The van der Waals surface area contributed by atoms with Gasteiger partial charge in [-0.05, 0) is 59.8 Å². The van der Waals surface area contributed by atoms with Crippen LogP contribution in [-0.4, -0.2) is 61.4 Å². The summed E-state index contributed by atoms with van der Waals surface area (Å²) in [5.74, 6) is -0.304. The summed E-state index contributed by atoms with van der Waals surface area (Å²) in [7, 11) is 3.80. The Morgan fingerprint density at radius 3 is 2.62 bits per heavy atom. The Bertz CT molecular complexity index is 639. The molecule has 26 heavy (non-hydrogen) atoms. The molecule has 1 saturated heterocycles. The maximum Gasteiger partial charge on any atom is 0.311 e. The van der Waals surface area contributed by atoms with Gasteiger partial charge in [0.25, 0.3) is 0 Å². The van der Waals surface area contributed by atoms with Gasteiger partial charge in [0, 0.05) is 18.7 Å². The number of nitrogens with zero attached hydrogens (tertiary/aromatic N) is 2. The third kappa shape index (κ3) is 4.97. The van der Waals surface area contributed by atoms with Gasteiger partial charge in [-0.3, -0.25) is 9.59 Å². The third-order valence-electron chi connectivity index (χ3n) is 5.03. The Morgan fingerprint density at radius 1 is 1.35 bits per heavy atom. The minimum atomic E-state index is -0.567. The molecule has 1 fully saturated rings. The van der Waals surface area contributed by atoms with Crippen molar-refractivity contribution < 1.29 is 14.3 Å². The van der Waals surface area contributed by atoms with Crippen LogP contribution in [0.2, 0.25) is 0 Å². The number of hydrogen-bond donors (Lipinski definition) is 1. The molecular formula is C20H31N3O3. The van der Waals surface area contributed by atoms with Crippen LogP contribution in [0.15, 0.2) is 18.2 Å². The normalized spacial score (nSPS) is 16.8. The number of rotatable bonds is 5. The van der Waals surface area contributed by atoms with E-state index < -0.39 is 11.8 Å². The molecule has 2 amide bonds. The summed E-state index contributed by atoms with van der Waals surface area (Å²) in [6, 6.07) is 5.68. The van der Waals surface area contributed by atoms with Gasteiger partial charge < -0.3 is 19.9 Å². The van der Waals surface area contributed by atoms with Gasteiger partial charge in [0.05, 0.1) is 12.6 Å². The second kappa shape index (κ2) is 9.03. The molecule has 0 saturated carbocycles. The summed E-state index contributed by atoms with van der Waals surface area (Å²) in [6.45, 7) is 8.23. The molecule has 0 spiro atoms. The number of hydrogen-bond acceptors (Lipinski definition) is 4. The molecule has 1 atom stereocenters. The Labute approximate surface area is 156 Å². The van der Waals surface area contributed by atoms with Crippen molar-refractivity contribution in [1.82, 2.24) is 15.1 Å². The van der Waals surface area contributed by atoms with Gasteiger partial charge in [-0.25, -0.2) is 0 Å². The van der Waals surface area contributed by atoms with Crippen molar-refractivity contribution in [2.45, 2.75) is 45.7 Å². The molecule has 1 heterocycles. The molecule has 0 aliphatic carbocycles. The number of amides is 2. The molecule has 0 radical (unpaired) electrons. The summed E-state index contributed by atoms with van der Waals surface area (Å²) in [4.78, 5) is 28.8. The summed E-state index contributed by atoms with van der Waals surface area (Å²) in [5, 5.41) is 2.83. The average Bonchev–Trinajstić information content (AvgIpc) is 2.62. The fraction of sp³-hybridized carbons (Fsp3) is 0.600. The van der Waals surface area contributed by atoms with E-state index in [2.05, 4.69) is 17.3 Å². The van der Waals surface area contributed by atoms with Crippen molar-refractivity contribution in [2.24, 2.45) is 0 Å². The molecule has 1 aliphatic heterocycles. The third-order valence-corrected chi connectivity index (χ3v) is 5.03. The van der Waals surface area contributed by atoms with Gasteiger partial charge in [-0.15, -0.1) is 0 Å². The zero-order valence-corrected chi connectivity index (χ0v) is 16.5. The number of aryl methyl sites for hydroxylation is 1. The van der Waals surface area contributed by atoms with Crippen molar-refractivity contribution in [2.75, 3.05) is 33.8 Å². The molecule has 1 unspecified atom stereocenters. The summed E-state index contributed by atoms with van der Waals surface area (Å²) in [5.41, 5.74) is 1.97. The molecule has 6 heteroatoms. The number of ether oxygens (including phenoxy) is 1. The predicted molar refractivity (Wildman–Crippen MR) is 102 cm³/mol. The second-order valence-electron chi connectivity index (χ2n) is 7.12. The predicted octanol–water partition coefficient (Wildman–Crippen LogP) is 2.12. The summed E-state index contributed by atoms with van der Waals surface area (Å²) in [6.07, 6.45) is 1.79. The lowest BCUT2D eigenvalue weighted by Crippen LogP contribution is -2.49. The van der Waals surface area contributed by atoms with E-state index >= 15 is 0 Å². The first-order valence-corrected chi connectivity index (χ1v) is 9.33. The Balaban J connectivity index is 2.02. The zero-order valence-electron chi connectivity index (χ0n) is 16.5. The van der Waals surface area contributed by atoms with Crippen molar-refractivity contribution >= 4 is 11.8 Å². The minimum Gasteiger partial charge on any atom is -0.494 e. The number of likely N-dealkylation sites (tertiary alicyclic amines) is 1. The maximum absolute atomic E-state index is 12.5. The highest BCUT2D eigenvalue weighted by molar-refractivity contribution is 6.35. The highest BCUT2D eigenvalue weighted by Gasteiger charge is 2.29. The van der Waals surface area contributed by atoms with Gasteiger partial charge in [0.1, 0.15) is 5.75 Å². The lowest BCUT2D eigenvalue weighted by molar-refractivity contribution is -0.147. The van der Waals surface area contributed by atoms with Crippen LogP contribution >= 0.6 is 0 Å². The molecule has 1 aliphatic rings. The molecular weight excluding hydrogens is 330 g/mol. The first kappa shape index (κ1) is 20.2. The van der Waals surface area contributed by atoms with Crippen LogP contribution in [0.4, 0.5) is 0 Å². The van der Waals surface area contributed by atoms with Crippen LogP contribution in [0, 0.1) is 6.92 Å². The van der Waals surface area contributed by atoms with Crippen LogP contribution in [0.3, 0.4) is 0 Å². The van der Waals surface area contributed by atoms with E-state index in [9.17, 15) is 9.59 Å². The number of likely N-dealkylation sites (N-methyl/N-ethyl adjacent to an activating group) is 1. The number of carbonyl (C=O) groups excluding carboxylic acids is 2. The van der Waals surface area contributed by atoms with Crippen molar-refractivity contribution in [3.8, 4) is 5.75 Å². The number of carbonyl (C=O) groups is 2. The van der Waals surface area contributed by atoms with Crippen molar-refractivity contribution in [1.29, 1.82) is 0 Å². The molecule has 0 bridgehead atoms. The van der Waals surface area contributed by atoms with Crippen LogP contribution < -0.4 is 10.1 Å². The molecule has 6 nitrogen and oxygen atoms in total. The highest BCUT2D eigenvalue weighted by Crippen LogP contribution is 2.26. The van der Waals surface area contributed by atoms with E-state index in [4.69, 9.17) is 4.74 Å². The van der Waals surface area contributed by atoms with E-state index in [-0.39, 0.29) is 12.1 Å². The SMILES string of the molecule is CCOc1ccc(C)cc1C(C)NC(=O)C(=O)N(C)C1CCN(C)CC1. The van der Waals surface area contributed by atoms with E-state index in [1.807, 2.05) is 39.0 Å². The minimum absolute atomic E-state index is 0.123. The van der Waals surface area contributed by atoms with E-state index in [1.165, 1.54) is 0 Å². The van der Waals surface area contributed by atoms with Gasteiger partial charge in [-0.2, -0.15) is 0 Å². The Kier molecular flexibility index (Phi) is 7.03. The first-order chi connectivity index (χ1) is 12.3. The fourth-order valence-corrected chi connectivity index (χ4v) is 3.34.